The third kappa shape index (κ3) is 3.80. The Kier molecular flexibility index (Phi) is 4.75. The minimum atomic E-state index is -0.439. The van der Waals surface area contributed by atoms with Crippen molar-refractivity contribution in [2.24, 2.45) is 0 Å². The molecule has 0 fully saturated rings. The van der Waals surface area contributed by atoms with Crippen LogP contribution in [-0.2, 0) is 12.8 Å². The highest BCUT2D eigenvalue weighted by Gasteiger charge is 2.09. The van der Waals surface area contributed by atoms with Crippen LogP contribution in [0.15, 0.2) is 47.2 Å². The van der Waals surface area contributed by atoms with Gasteiger partial charge in [-0.1, -0.05) is 39.7 Å². The maximum absolute atomic E-state index is 10.1. The lowest BCUT2D eigenvalue weighted by Crippen LogP contribution is -2.14. The quantitative estimate of drug-likeness (QED) is 0.930. The summed E-state index contributed by atoms with van der Waals surface area (Å²) in [5.74, 6) is 0. The molecule has 1 atom stereocenters. The number of aliphatic hydroxyl groups excluding tert-OH is 1. The van der Waals surface area contributed by atoms with E-state index in [1.54, 1.807) is 12.4 Å². The van der Waals surface area contributed by atoms with Crippen LogP contribution in [0, 0.1) is 0 Å². The fourth-order valence-corrected chi connectivity index (χ4v) is 2.25. The van der Waals surface area contributed by atoms with Crippen molar-refractivity contribution in [1.29, 1.82) is 0 Å². The van der Waals surface area contributed by atoms with Gasteiger partial charge in [-0.05, 0) is 35.7 Å². The molecule has 94 valence electrons. The normalized spacial score (nSPS) is 12.4. The van der Waals surface area contributed by atoms with Gasteiger partial charge in [0.1, 0.15) is 0 Å². The Labute approximate surface area is 120 Å². The molecule has 18 heavy (non-hydrogen) atoms. The molecule has 0 aliphatic heterocycles. The number of pyridine rings is 1. The molecule has 4 heteroatoms. The van der Waals surface area contributed by atoms with Gasteiger partial charge in [0.05, 0.1) is 11.1 Å². The van der Waals surface area contributed by atoms with Gasteiger partial charge in [0, 0.05) is 23.3 Å². The van der Waals surface area contributed by atoms with E-state index in [2.05, 4.69) is 20.9 Å². The van der Waals surface area contributed by atoms with Crippen molar-refractivity contribution in [2.75, 3.05) is 0 Å². The summed E-state index contributed by atoms with van der Waals surface area (Å²) in [6, 6.07) is 9.79. The highest BCUT2D eigenvalue weighted by molar-refractivity contribution is 9.10. The second-order valence-corrected chi connectivity index (χ2v) is 5.48. The topological polar surface area (TPSA) is 33.1 Å². The molecular formula is C14H13BrClNO. The van der Waals surface area contributed by atoms with E-state index in [1.807, 2.05) is 30.3 Å². The first-order valence-corrected chi connectivity index (χ1v) is 6.83. The van der Waals surface area contributed by atoms with Crippen molar-refractivity contribution in [1.82, 2.24) is 4.98 Å². The van der Waals surface area contributed by atoms with Gasteiger partial charge in [-0.15, -0.1) is 0 Å². The van der Waals surface area contributed by atoms with Crippen molar-refractivity contribution in [3.63, 3.8) is 0 Å². The summed E-state index contributed by atoms with van der Waals surface area (Å²) in [5, 5.41) is 10.7. The summed E-state index contributed by atoms with van der Waals surface area (Å²) in [7, 11) is 0. The SMILES string of the molecule is OC(Cc1ccc(Br)cc1)Cc1ccncc1Cl. The van der Waals surface area contributed by atoms with Crippen LogP contribution in [0.25, 0.3) is 0 Å². The zero-order valence-electron chi connectivity index (χ0n) is 9.68. The zero-order valence-corrected chi connectivity index (χ0v) is 12.0. The van der Waals surface area contributed by atoms with Crippen LogP contribution in [0.1, 0.15) is 11.1 Å². The van der Waals surface area contributed by atoms with E-state index in [0.29, 0.717) is 17.9 Å². The van der Waals surface area contributed by atoms with Crippen LogP contribution in [0.3, 0.4) is 0 Å². The highest BCUT2D eigenvalue weighted by atomic mass is 79.9. The molecule has 0 aliphatic rings. The Morgan fingerprint density at radius 2 is 1.89 bits per heavy atom. The molecule has 0 amide bonds. The number of rotatable bonds is 4. The molecule has 2 nitrogen and oxygen atoms in total. The van der Waals surface area contributed by atoms with Crippen LogP contribution in [-0.4, -0.2) is 16.2 Å². The Morgan fingerprint density at radius 3 is 2.56 bits per heavy atom. The third-order valence-corrected chi connectivity index (χ3v) is 3.57. The summed E-state index contributed by atoms with van der Waals surface area (Å²) in [6.07, 6.45) is 4.01. The van der Waals surface area contributed by atoms with Gasteiger partial charge in [0.25, 0.3) is 0 Å². The van der Waals surface area contributed by atoms with Crippen LogP contribution >= 0.6 is 27.5 Å². The average molecular weight is 327 g/mol. The Bertz CT molecular complexity index is 515. The predicted octanol–water partition coefficient (Wildman–Crippen LogP) is 3.64. The lowest BCUT2D eigenvalue weighted by molar-refractivity contribution is 0.175. The van der Waals surface area contributed by atoms with Gasteiger partial charge in [0.2, 0.25) is 0 Å². The molecule has 1 N–H and O–H groups in total. The summed E-state index contributed by atoms with van der Waals surface area (Å²) in [5.41, 5.74) is 2.03. The van der Waals surface area contributed by atoms with Gasteiger partial charge < -0.3 is 5.11 Å². The van der Waals surface area contributed by atoms with E-state index < -0.39 is 6.10 Å². The van der Waals surface area contributed by atoms with Crippen molar-refractivity contribution in [3.8, 4) is 0 Å². The van der Waals surface area contributed by atoms with Crippen molar-refractivity contribution >= 4 is 27.5 Å². The lowest BCUT2D eigenvalue weighted by Gasteiger charge is -2.11. The van der Waals surface area contributed by atoms with E-state index in [4.69, 9.17) is 11.6 Å². The van der Waals surface area contributed by atoms with Crippen LogP contribution in [0.5, 0.6) is 0 Å². The molecule has 0 bridgehead atoms. The first kappa shape index (κ1) is 13.5. The molecule has 0 saturated carbocycles. The maximum Gasteiger partial charge on any atom is 0.0622 e. The molecule has 0 radical (unpaired) electrons. The predicted molar refractivity (Wildman–Crippen MR) is 76.8 cm³/mol. The highest BCUT2D eigenvalue weighted by Crippen LogP contribution is 2.17. The molecule has 2 aromatic rings. The number of benzene rings is 1. The lowest BCUT2D eigenvalue weighted by atomic mass is 10.0. The monoisotopic (exact) mass is 325 g/mol. The summed E-state index contributed by atoms with van der Waals surface area (Å²) < 4.78 is 1.04. The minimum absolute atomic E-state index is 0.439. The van der Waals surface area contributed by atoms with Gasteiger partial charge in [-0.25, -0.2) is 0 Å². The molecule has 0 aliphatic carbocycles. The standard InChI is InChI=1S/C14H13BrClNO/c15-12-3-1-10(2-4-12)7-13(18)8-11-5-6-17-9-14(11)16/h1-6,9,13,18H,7-8H2. The average Bonchev–Trinajstić information content (AvgIpc) is 2.35. The van der Waals surface area contributed by atoms with Crippen LogP contribution in [0.2, 0.25) is 5.02 Å². The molecule has 1 heterocycles. The number of aliphatic hydroxyl groups is 1. The molecule has 1 aromatic carbocycles. The Balaban J connectivity index is 1.99. The number of nitrogens with zero attached hydrogens (tertiary/aromatic N) is 1. The fraction of sp³-hybridized carbons (Fsp3) is 0.214. The number of hydrogen-bond acceptors (Lipinski definition) is 2. The molecule has 2 rings (SSSR count). The number of halogens is 2. The molecular weight excluding hydrogens is 314 g/mol. The van der Waals surface area contributed by atoms with Crippen molar-refractivity contribution in [3.05, 3.63) is 63.3 Å². The van der Waals surface area contributed by atoms with E-state index in [0.717, 1.165) is 15.6 Å². The first-order chi connectivity index (χ1) is 8.65. The van der Waals surface area contributed by atoms with Crippen molar-refractivity contribution in [2.45, 2.75) is 18.9 Å². The minimum Gasteiger partial charge on any atom is -0.392 e. The maximum atomic E-state index is 10.1. The number of hydrogen-bond donors (Lipinski definition) is 1. The van der Waals surface area contributed by atoms with E-state index in [9.17, 15) is 5.11 Å². The van der Waals surface area contributed by atoms with E-state index >= 15 is 0 Å². The van der Waals surface area contributed by atoms with Crippen LogP contribution < -0.4 is 0 Å². The smallest absolute Gasteiger partial charge is 0.0622 e. The molecule has 0 saturated heterocycles. The summed E-state index contributed by atoms with van der Waals surface area (Å²) in [6.45, 7) is 0. The fourth-order valence-electron chi connectivity index (χ4n) is 1.79. The van der Waals surface area contributed by atoms with Gasteiger partial charge >= 0.3 is 0 Å². The van der Waals surface area contributed by atoms with Gasteiger partial charge in [0.15, 0.2) is 0 Å². The molecule has 1 unspecified atom stereocenters. The largest absolute Gasteiger partial charge is 0.392 e. The van der Waals surface area contributed by atoms with Crippen molar-refractivity contribution < 1.29 is 5.11 Å². The second kappa shape index (κ2) is 6.32. The molecule has 1 aromatic heterocycles. The van der Waals surface area contributed by atoms with Crippen LogP contribution in [0.4, 0.5) is 0 Å². The Hall–Kier alpha value is -0.900. The summed E-state index contributed by atoms with van der Waals surface area (Å²) >= 11 is 9.40. The number of aromatic nitrogens is 1. The summed E-state index contributed by atoms with van der Waals surface area (Å²) in [4.78, 5) is 3.93. The van der Waals surface area contributed by atoms with E-state index in [-0.39, 0.29) is 0 Å². The van der Waals surface area contributed by atoms with Gasteiger partial charge in [-0.3, -0.25) is 4.98 Å². The van der Waals surface area contributed by atoms with Gasteiger partial charge in [-0.2, -0.15) is 0 Å². The second-order valence-electron chi connectivity index (χ2n) is 4.16. The zero-order chi connectivity index (χ0) is 13.0. The Morgan fingerprint density at radius 1 is 1.17 bits per heavy atom. The first-order valence-electron chi connectivity index (χ1n) is 5.66. The third-order valence-electron chi connectivity index (χ3n) is 2.70. The molecule has 0 spiro atoms. The van der Waals surface area contributed by atoms with E-state index in [1.165, 1.54) is 0 Å².